The van der Waals surface area contributed by atoms with Crippen LogP contribution < -0.4 is 20.1 Å². The zero-order chi connectivity index (χ0) is 21.1. The van der Waals surface area contributed by atoms with Crippen LogP contribution in [0, 0.1) is 0 Å². The molecule has 0 saturated heterocycles. The Hall–Kier alpha value is -3.02. The molecule has 0 radical (unpaired) electrons. The van der Waals surface area contributed by atoms with Crippen molar-refractivity contribution in [3.8, 4) is 11.5 Å². The van der Waals surface area contributed by atoms with E-state index >= 15 is 0 Å². The van der Waals surface area contributed by atoms with Gasteiger partial charge in [0.05, 0.1) is 0 Å². The highest BCUT2D eigenvalue weighted by molar-refractivity contribution is 5.82. The molecule has 3 atom stereocenters. The summed E-state index contributed by atoms with van der Waals surface area (Å²) in [6.45, 7) is 5.94. The monoisotopic (exact) mass is 398 g/mol. The molecule has 6 heteroatoms. The van der Waals surface area contributed by atoms with Gasteiger partial charge in [-0.25, -0.2) is 0 Å². The van der Waals surface area contributed by atoms with E-state index in [0.29, 0.717) is 30.9 Å². The van der Waals surface area contributed by atoms with Crippen LogP contribution >= 0.6 is 0 Å². The first-order chi connectivity index (χ1) is 14.0. The summed E-state index contributed by atoms with van der Waals surface area (Å²) >= 11 is 0. The number of carbonyl (C=O) groups excluding carboxylic acids is 2. The van der Waals surface area contributed by atoms with E-state index in [1.54, 1.807) is 0 Å². The fraction of sp³-hybridized carbons (Fsp3) is 0.391. The molecule has 0 spiro atoms. The van der Waals surface area contributed by atoms with E-state index in [2.05, 4.69) is 10.6 Å². The van der Waals surface area contributed by atoms with Crippen LogP contribution in [-0.4, -0.2) is 36.6 Å². The summed E-state index contributed by atoms with van der Waals surface area (Å²) in [7, 11) is 0. The minimum atomic E-state index is -0.583. The predicted molar refractivity (Wildman–Crippen MR) is 113 cm³/mol. The van der Waals surface area contributed by atoms with Gasteiger partial charge in [-0.2, -0.15) is 0 Å². The van der Waals surface area contributed by atoms with Crippen molar-refractivity contribution in [2.24, 2.45) is 0 Å². The molecule has 2 amide bonds. The van der Waals surface area contributed by atoms with Gasteiger partial charge in [0.2, 0.25) is 0 Å². The Morgan fingerprint density at radius 2 is 1.24 bits per heavy atom. The Kier molecular flexibility index (Phi) is 9.02. The molecule has 156 valence electrons. The van der Waals surface area contributed by atoms with Crippen molar-refractivity contribution in [2.75, 3.05) is 6.54 Å². The van der Waals surface area contributed by atoms with E-state index < -0.39 is 12.2 Å². The Morgan fingerprint density at radius 1 is 0.793 bits per heavy atom. The molecule has 0 fully saturated rings. The third-order valence-electron chi connectivity index (χ3n) is 4.34. The molecule has 2 aromatic carbocycles. The molecule has 0 unspecified atom stereocenters. The quantitative estimate of drug-likeness (QED) is 0.609. The number of nitrogens with one attached hydrogen (secondary N) is 2. The molecule has 0 aliphatic carbocycles. The van der Waals surface area contributed by atoms with Gasteiger partial charge in [0, 0.05) is 12.6 Å². The number of amides is 2. The number of rotatable bonds is 11. The number of ether oxygens (including phenoxy) is 2. The van der Waals surface area contributed by atoms with Crippen LogP contribution in [0.4, 0.5) is 0 Å². The normalized spacial score (nSPS) is 13.6. The molecule has 29 heavy (non-hydrogen) atoms. The molecule has 0 saturated carbocycles. The van der Waals surface area contributed by atoms with Gasteiger partial charge in [-0.15, -0.1) is 0 Å². The summed E-state index contributed by atoms with van der Waals surface area (Å²) in [4.78, 5) is 24.9. The summed E-state index contributed by atoms with van der Waals surface area (Å²) in [6, 6.07) is 18.3. The molecule has 0 aliphatic rings. The number of hydrogen-bond donors (Lipinski definition) is 2. The minimum Gasteiger partial charge on any atom is -0.481 e. The van der Waals surface area contributed by atoms with Crippen molar-refractivity contribution < 1.29 is 19.1 Å². The van der Waals surface area contributed by atoms with Crippen LogP contribution in [-0.2, 0) is 9.59 Å². The molecule has 2 N–H and O–H groups in total. The summed E-state index contributed by atoms with van der Waals surface area (Å²) in [6.07, 6.45) is -0.0714. The van der Waals surface area contributed by atoms with Gasteiger partial charge in [-0.3, -0.25) is 9.59 Å². The molecule has 2 aromatic rings. The Bertz CT molecular complexity index is 752. The van der Waals surface area contributed by atoms with Crippen LogP contribution in [0.1, 0.15) is 33.6 Å². The molecule has 0 aliphatic heterocycles. The van der Waals surface area contributed by atoms with Crippen molar-refractivity contribution in [2.45, 2.75) is 51.9 Å². The fourth-order valence-corrected chi connectivity index (χ4v) is 2.73. The van der Waals surface area contributed by atoms with Crippen LogP contribution in [0.2, 0.25) is 0 Å². The smallest absolute Gasteiger partial charge is 0.261 e. The highest BCUT2D eigenvalue weighted by atomic mass is 16.5. The van der Waals surface area contributed by atoms with Crippen LogP contribution in [0.15, 0.2) is 60.7 Å². The summed E-state index contributed by atoms with van der Waals surface area (Å²) in [5.74, 6) is 0.898. The van der Waals surface area contributed by atoms with Crippen molar-refractivity contribution >= 4 is 11.8 Å². The van der Waals surface area contributed by atoms with Gasteiger partial charge in [-0.05, 0) is 44.0 Å². The summed E-state index contributed by atoms with van der Waals surface area (Å²) in [5, 5.41) is 5.74. The minimum absolute atomic E-state index is 0.203. The van der Waals surface area contributed by atoms with Gasteiger partial charge in [-0.1, -0.05) is 50.2 Å². The first-order valence-corrected chi connectivity index (χ1v) is 10.0. The van der Waals surface area contributed by atoms with E-state index in [1.165, 1.54) is 0 Å². The molecule has 6 nitrogen and oxygen atoms in total. The van der Waals surface area contributed by atoms with Gasteiger partial charge in [0.1, 0.15) is 11.5 Å². The first-order valence-electron chi connectivity index (χ1n) is 10.0. The maximum Gasteiger partial charge on any atom is 0.261 e. The third-order valence-corrected chi connectivity index (χ3v) is 4.34. The standard InChI is InChI=1S/C23H30N2O4/c1-4-20(28-18-12-8-6-9-13-18)22(26)24-16-17(3)25-23(27)21(5-2)29-19-14-10-7-11-15-19/h6-15,17,20-21H,4-5,16H2,1-3H3,(H,24,26)(H,25,27)/t17-,20+,21-/m1/s1. The van der Waals surface area contributed by atoms with Crippen LogP contribution in [0.25, 0.3) is 0 Å². The molecular formula is C23H30N2O4. The number of hydrogen-bond acceptors (Lipinski definition) is 4. The average molecular weight is 399 g/mol. The van der Waals surface area contributed by atoms with E-state index in [-0.39, 0.29) is 17.9 Å². The highest BCUT2D eigenvalue weighted by Crippen LogP contribution is 2.13. The summed E-state index contributed by atoms with van der Waals surface area (Å²) in [5.41, 5.74) is 0. The highest BCUT2D eigenvalue weighted by Gasteiger charge is 2.22. The topological polar surface area (TPSA) is 76.7 Å². The Morgan fingerprint density at radius 3 is 1.69 bits per heavy atom. The van der Waals surface area contributed by atoms with Crippen LogP contribution in [0.5, 0.6) is 11.5 Å². The van der Waals surface area contributed by atoms with E-state index in [9.17, 15) is 9.59 Å². The van der Waals surface area contributed by atoms with Crippen molar-refractivity contribution in [3.05, 3.63) is 60.7 Å². The second kappa shape index (κ2) is 11.7. The molecule has 0 aromatic heterocycles. The van der Waals surface area contributed by atoms with Gasteiger partial charge in [0.25, 0.3) is 11.8 Å². The zero-order valence-electron chi connectivity index (χ0n) is 17.3. The van der Waals surface area contributed by atoms with Crippen molar-refractivity contribution in [1.29, 1.82) is 0 Å². The number of para-hydroxylation sites is 2. The van der Waals surface area contributed by atoms with E-state index in [0.717, 1.165) is 0 Å². The lowest BCUT2D eigenvalue weighted by Crippen LogP contribution is -2.48. The predicted octanol–water partition coefficient (Wildman–Crippen LogP) is 3.32. The van der Waals surface area contributed by atoms with Crippen molar-refractivity contribution in [1.82, 2.24) is 10.6 Å². The fourth-order valence-electron chi connectivity index (χ4n) is 2.73. The molecule has 0 bridgehead atoms. The lowest BCUT2D eigenvalue weighted by molar-refractivity contribution is -0.130. The Labute approximate surface area is 172 Å². The molecule has 2 rings (SSSR count). The van der Waals surface area contributed by atoms with Gasteiger partial charge in [0.15, 0.2) is 12.2 Å². The Balaban J connectivity index is 1.80. The first kappa shape index (κ1) is 22.3. The third kappa shape index (κ3) is 7.49. The second-order valence-corrected chi connectivity index (χ2v) is 6.81. The zero-order valence-corrected chi connectivity index (χ0v) is 17.3. The lowest BCUT2D eigenvalue weighted by atomic mass is 10.2. The maximum atomic E-state index is 12.5. The van der Waals surface area contributed by atoms with E-state index in [4.69, 9.17) is 9.47 Å². The number of benzene rings is 2. The maximum absolute atomic E-state index is 12.5. The second-order valence-electron chi connectivity index (χ2n) is 6.81. The van der Waals surface area contributed by atoms with Gasteiger partial charge >= 0.3 is 0 Å². The lowest BCUT2D eigenvalue weighted by Gasteiger charge is -2.22. The van der Waals surface area contributed by atoms with Crippen LogP contribution in [0.3, 0.4) is 0 Å². The largest absolute Gasteiger partial charge is 0.481 e. The van der Waals surface area contributed by atoms with Gasteiger partial charge < -0.3 is 20.1 Å². The van der Waals surface area contributed by atoms with E-state index in [1.807, 2.05) is 81.4 Å². The average Bonchev–Trinajstić information content (AvgIpc) is 2.75. The molecule has 0 heterocycles. The summed E-state index contributed by atoms with van der Waals surface area (Å²) < 4.78 is 11.5. The molecular weight excluding hydrogens is 368 g/mol. The SMILES string of the molecule is CC[C@H](Oc1ccccc1)C(=O)NC[C@@H](C)NC(=O)[C@@H](CC)Oc1ccccc1. The number of carbonyl (C=O) groups is 2. The van der Waals surface area contributed by atoms with Crippen molar-refractivity contribution in [3.63, 3.8) is 0 Å².